The summed E-state index contributed by atoms with van der Waals surface area (Å²) < 4.78 is 12.3. The van der Waals surface area contributed by atoms with Crippen LogP contribution >= 0.6 is 0 Å². The minimum atomic E-state index is -1.34. The van der Waals surface area contributed by atoms with Gasteiger partial charge in [-0.15, -0.1) is 0 Å². The summed E-state index contributed by atoms with van der Waals surface area (Å²) >= 11 is 0. The van der Waals surface area contributed by atoms with Crippen LogP contribution < -0.4 is 4.90 Å². The molecule has 1 aromatic carbocycles. The van der Waals surface area contributed by atoms with Gasteiger partial charge >= 0.3 is 5.97 Å². The Morgan fingerprint density at radius 1 is 1.09 bits per heavy atom. The zero-order chi connectivity index (χ0) is 25.0. The number of ether oxygens (including phenoxy) is 2. The summed E-state index contributed by atoms with van der Waals surface area (Å²) in [6.45, 7) is 6.04. The topological polar surface area (TPSA) is 96.4 Å². The number of cyclic esters (lactones) is 1. The molecule has 0 saturated carbocycles. The molecule has 4 aliphatic heterocycles. The fraction of sp³-hybridized carbons (Fsp3) is 0.519. The lowest BCUT2D eigenvalue weighted by Gasteiger charge is -2.38. The first-order valence-corrected chi connectivity index (χ1v) is 12.3. The van der Waals surface area contributed by atoms with Gasteiger partial charge in [-0.05, 0) is 43.9 Å². The Morgan fingerprint density at radius 2 is 1.89 bits per heavy atom. The average Bonchev–Trinajstić information content (AvgIpc) is 3.16. The molecule has 2 fully saturated rings. The lowest BCUT2D eigenvalue weighted by molar-refractivity contribution is -0.160. The third-order valence-corrected chi connectivity index (χ3v) is 7.90. The molecule has 0 radical (unpaired) electrons. The van der Waals surface area contributed by atoms with Crippen LogP contribution in [0.2, 0.25) is 0 Å². The number of anilines is 1. The van der Waals surface area contributed by atoms with E-state index in [1.807, 2.05) is 63.3 Å². The van der Waals surface area contributed by atoms with E-state index in [0.29, 0.717) is 19.4 Å². The van der Waals surface area contributed by atoms with Crippen molar-refractivity contribution in [2.45, 2.75) is 50.9 Å². The highest BCUT2D eigenvalue weighted by Crippen LogP contribution is 2.58. The number of rotatable bonds is 4. The number of hydrogen-bond donors (Lipinski definition) is 1. The number of esters is 1. The molecule has 2 amide bonds. The molecule has 0 aliphatic carbocycles. The van der Waals surface area contributed by atoms with Crippen molar-refractivity contribution in [3.05, 3.63) is 53.6 Å². The molecule has 1 N–H and O–H groups in total. The van der Waals surface area contributed by atoms with Crippen LogP contribution in [0.3, 0.4) is 0 Å². The van der Waals surface area contributed by atoms with Gasteiger partial charge in [0.2, 0.25) is 5.91 Å². The summed E-state index contributed by atoms with van der Waals surface area (Å²) in [5, 5.41) is 9.80. The van der Waals surface area contributed by atoms with E-state index < -0.39 is 35.0 Å². The molecule has 1 unspecified atom stereocenters. The van der Waals surface area contributed by atoms with Crippen LogP contribution in [0.4, 0.5) is 5.69 Å². The first-order chi connectivity index (χ1) is 16.8. The van der Waals surface area contributed by atoms with Gasteiger partial charge in [-0.25, -0.2) is 0 Å². The van der Waals surface area contributed by atoms with E-state index in [9.17, 15) is 19.5 Å². The smallest absolute Gasteiger partial charge is 0.313 e. The van der Waals surface area contributed by atoms with Crippen molar-refractivity contribution >= 4 is 23.5 Å². The molecule has 8 heteroatoms. The molecule has 0 bridgehead atoms. The van der Waals surface area contributed by atoms with Gasteiger partial charge in [0.25, 0.3) is 5.91 Å². The predicted molar refractivity (Wildman–Crippen MR) is 129 cm³/mol. The Kier molecular flexibility index (Phi) is 5.84. The molecule has 8 nitrogen and oxygen atoms in total. The van der Waals surface area contributed by atoms with Gasteiger partial charge in [0.1, 0.15) is 23.2 Å². The molecule has 5 atom stereocenters. The molecule has 186 valence electrons. The van der Waals surface area contributed by atoms with Crippen LogP contribution in [0.1, 0.15) is 30.9 Å². The number of aliphatic hydroxyl groups is 1. The summed E-state index contributed by atoms with van der Waals surface area (Å²) in [4.78, 5) is 44.6. The Labute approximate surface area is 205 Å². The van der Waals surface area contributed by atoms with E-state index in [1.165, 1.54) is 4.90 Å². The molecule has 5 rings (SSSR count). The molecular weight excluding hydrogens is 448 g/mol. The number of aryl methyl sites for hydroxylation is 2. The molecule has 4 aliphatic rings. The summed E-state index contributed by atoms with van der Waals surface area (Å²) in [6, 6.07) is 4.91. The lowest BCUT2D eigenvalue weighted by Crippen LogP contribution is -2.56. The summed E-state index contributed by atoms with van der Waals surface area (Å²) in [6.07, 6.45) is 8.49. The number of carbonyl (C=O) groups is 3. The van der Waals surface area contributed by atoms with Crippen LogP contribution in [0.5, 0.6) is 0 Å². The Bertz CT molecular complexity index is 1130. The van der Waals surface area contributed by atoms with E-state index >= 15 is 0 Å². The Hall–Kier alpha value is -2.97. The fourth-order valence-corrected chi connectivity index (χ4v) is 6.30. The first kappa shape index (κ1) is 23.8. The molecule has 1 aromatic rings. The highest BCUT2D eigenvalue weighted by Gasteiger charge is 2.75. The van der Waals surface area contributed by atoms with E-state index in [4.69, 9.17) is 9.47 Å². The molecular formula is C27H32N2O6. The Morgan fingerprint density at radius 3 is 2.63 bits per heavy atom. The molecule has 35 heavy (non-hydrogen) atoms. The van der Waals surface area contributed by atoms with Crippen LogP contribution in [0.25, 0.3) is 0 Å². The highest BCUT2D eigenvalue weighted by atomic mass is 16.6. The normalized spacial score (nSPS) is 34.2. The van der Waals surface area contributed by atoms with Gasteiger partial charge in [0.15, 0.2) is 0 Å². The van der Waals surface area contributed by atoms with Gasteiger partial charge in [0.05, 0.1) is 19.1 Å². The van der Waals surface area contributed by atoms with Crippen LogP contribution in [0.15, 0.2) is 42.5 Å². The first-order valence-electron chi connectivity index (χ1n) is 12.3. The van der Waals surface area contributed by atoms with E-state index in [-0.39, 0.29) is 31.6 Å². The van der Waals surface area contributed by atoms with Gasteiger partial charge in [-0.1, -0.05) is 43.4 Å². The molecule has 0 aromatic heterocycles. The summed E-state index contributed by atoms with van der Waals surface area (Å²) in [5.74, 6) is -2.94. The van der Waals surface area contributed by atoms with Crippen molar-refractivity contribution in [3.63, 3.8) is 0 Å². The summed E-state index contributed by atoms with van der Waals surface area (Å²) in [5.41, 5.74) is 0.325. The predicted octanol–water partition coefficient (Wildman–Crippen LogP) is 2.06. The number of β-amino-alcohol motifs (C(OH)–C–C–N with tert-alkyl or cyclic N) is 1. The minimum absolute atomic E-state index is 0.0257. The largest absolute Gasteiger partial charge is 0.465 e. The lowest BCUT2D eigenvalue weighted by atomic mass is 9.73. The van der Waals surface area contributed by atoms with E-state index in [2.05, 4.69) is 0 Å². The monoisotopic (exact) mass is 480 g/mol. The highest BCUT2D eigenvalue weighted by molar-refractivity contribution is 6.06. The van der Waals surface area contributed by atoms with Crippen molar-refractivity contribution in [1.82, 2.24) is 4.90 Å². The van der Waals surface area contributed by atoms with Crippen molar-refractivity contribution in [2.24, 2.45) is 11.8 Å². The second kappa shape index (κ2) is 8.60. The van der Waals surface area contributed by atoms with Crippen molar-refractivity contribution < 1.29 is 29.0 Å². The Balaban J connectivity index is 1.68. The number of amides is 2. The van der Waals surface area contributed by atoms with Crippen LogP contribution in [-0.4, -0.2) is 71.3 Å². The number of benzene rings is 1. The number of aliphatic hydroxyl groups excluding tert-OH is 1. The van der Waals surface area contributed by atoms with Crippen molar-refractivity contribution in [3.8, 4) is 0 Å². The van der Waals surface area contributed by atoms with E-state index in [0.717, 1.165) is 16.8 Å². The number of likely N-dealkylation sites (tertiary alicyclic amines) is 1. The van der Waals surface area contributed by atoms with Gasteiger partial charge in [-0.2, -0.15) is 0 Å². The number of hydrogen-bond acceptors (Lipinski definition) is 6. The maximum atomic E-state index is 14.3. The van der Waals surface area contributed by atoms with Crippen LogP contribution in [-0.2, 0) is 23.9 Å². The van der Waals surface area contributed by atoms with Crippen LogP contribution in [0, 0.1) is 25.7 Å². The third kappa shape index (κ3) is 3.37. The molecule has 4 heterocycles. The second-order valence-corrected chi connectivity index (χ2v) is 9.88. The second-order valence-electron chi connectivity index (χ2n) is 9.88. The standard InChI is InChI=1S/C27H32N2O6/c1-4-26-10-5-6-15-34-25(33)21(26)20-23(31)29(13-14-30)22-24(32)28(12-7-11-27(20,22)35-26)19-16-17(2)8-9-18(19)3/h5,7-11,16,20-22,30H,4,6,12-15H2,1-3H3/t20-,21-,22?,26+,27-/m0/s1. The minimum Gasteiger partial charge on any atom is -0.465 e. The van der Waals surface area contributed by atoms with Crippen molar-refractivity contribution in [1.29, 1.82) is 0 Å². The maximum absolute atomic E-state index is 14.3. The molecule has 1 spiro atoms. The zero-order valence-corrected chi connectivity index (χ0v) is 20.4. The number of nitrogens with zero attached hydrogens (tertiary/aromatic N) is 2. The zero-order valence-electron chi connectivity index (χ0n) is 20.4. The fourth-order valence-electron chi connectivity index (χ4n) is 6.30. The molecule has 2 saturated heterocycles. The van der Waals surface area contributed by atoms with Gasteiger partial charge < -0.3 is 24.4 Å². The average molecular weight is 481 g/mol. The maximum Gasteiger partial charge on any atom is 0.313 e. The number of carbonyl (C=O) groups excluding carboxylic acids is 3. The SMILES string of the molecule is CC[C@@]12C=CCCOC(=O)[C@@H]1[C@H]1C(=O)N(CCO)C3C(=O)N(c4cc(C)ccc4C)CC=C[C@@]31O2. The van der Waals surface area contributed by atoms with Gasteiger partial charge in [-0.3, -0.25) is 14.4 Å². The number of fused-ring (bicyclic) bond motifs is 2. The van der Waals surface area contributed by atoms with E-state index in [1.54, 1.807) is 4.90 Å². The van der Waals surface area contributed by atoms with Gasteiger partial charge in [0, 0.05) is 18.8 Å². The third-order valence-electron chi connectivity index (χ3n) is 7.90. The summed E-state index contributed by atoms with van der Waals surface area (Å²) in [7, 11) is 0. The quantitative estimate of drug-likeness (QED) is 0.524. The van der Waals surface area contributed by atoms with Crippen molar-refractivity contribution in [2.75, 3.05) is 31.2 Å².